The van der Waals surface area contributed by atoms with Crippen molar-refractivity contribution in [1.82, 2.24) is 10.2 Å². The first-order chi connectivity index (χ1) is 8.65. The summed E-state index contributed by atoms with van der Waals surface area (Å²) in [6.07, 6.45) is 1.50. The molecule has 0 aliphatic rings. The van der Waals surface area contributed by atoms with Crippen LogP contribution in [0.1, 0.15) is 0 Å². The molecule has 2 N–H and O–H groups in total. The number of carbonyl (C=O) groups excluding carboxylic acids is 1. The van der Waals surface area contributed by atoms with Gasteiger partial charge in [-0.05, 0) is 12.1 Å². The van der Waals surface area contributed by atoms with Crippen molar-refractivity contribution in [3.63, 3.8) is 0 Å². The van der Waals surface area contributed by atoms with E-state index in [1.54, 1.807) is 6.07 Å². The van der Waals surface area contributed by atoms with Crippen molar-refractivity contribution in [3.8, 4) is 0 Å². The van der Waals surface area contributed by atoms with Crippen LogP contribution in [0.25, 0.3) is 0 Å². The van der Waals surface area contributed by atoms with Gasteiger partial charge in [0.15, 0.2) is 0 Å². The van der Waals surface area contributed by atoms with E-state index < -0.39 is 11.6 Å². The van der Waals surface area contributed by atoms with Crippen molar-refractivity contribution in [1.29, 1.82) is 0 Å². The first-order valence-corrected chi connectivity index (χ1v) is 6.01. The molecule has 0 radical (unpaired) electrons. The van der Waals surface area contributed by atoms with Crippen molar-refractivity contribution in [2.24, 2.45) is 0 Å². The minimum absolute atomic E-state index is 0.0293. The van der Waals surface area contributed by atoms with E-state index in [2.05, 4.69) is 15.5 Å². The van der Waals surface area contributed by atoms with Gasteiger partial charge >= 0.3 is 0 Å². The zero-order chi connectivity index (χ0) is 13.0. The first-order valence-electron chi connectivity index (χ1n) is 5.02. The smallest absolute Gasteiger partial charge is 0.235 e. The van der Waals surface area contributed by atoms with Gasteiger partial charge in [0.05, 0.1) is 11.9 Å². The third-order valence-electron chi connectivity index (χ3n) is 2.03. The summed E-state index contributed by atoms with van der Waals surface area (Å²) < 4.78 is 25.9. The number of nitrogens with zero attached hydrogens (tertiary/aromatic N) is 1. The van der Waals surface area contributed by atoms with Crippen molar-refractivity contribution in [2.75, 3.05) is 11.1 Å². The van der Waals surface area contributed by atoms with Crippen LogP contribution in [-0.2, 0) is 4.79 Å². The third kappa shape index (κ3) is 3.30. The second kappa shape index (κ2) is 5.63. The van der Waals surface area contributed by atoms with Gasteiger partial charge in [0.2, 0.25) is 5.91 Å². The standard InChI is InChI=1S/C11H9F2N3OS/c12-7-1-2-9(8(13)5-7)18-6-11(17)15-10-3-4-14-16-10/h1-5H,6H2,(H2,14,15,16,17). The molecule has 0 saturated carbocycles. The summed E-state index contributed by atoms with van der Waals surface area (Å²) in [6, 6.07) is 4.84. The summed E-state index contributed by atoms with van der Waals surface area (Å²) in [4.78, 5) is 11.7. The van der Waals surface area contributed by atoms with E-state index in [1.807, 2.05) is 0 Å². The molecule has 0 aliphatic carbocycles. The molecule has 94 valence electrons. The van der Waals surface area contributed by atoms with E-state index in [-0.39, 0.29) is 16.6 Å². The maximum Gasteiger partial charge on any atom is 0.235 e. The van der Waals surface area contributed by atoms with E-state index in [9.17, 15) is 13.6 Å². The molecule has 0 aliphatic heterocycles. The van der Waals surface area contributed by atoms with Crippen LogP contribution in [0.2, 0.25) is 0 Å². The minimum Gasteiger partial charge on any atom is -0.310 e. The van der Waals surface area contributed by atoms with Crippen molar-refractivity contribution < 1.29 is 13.6 Å². The van der Waals surface area contributed by atoms with E-state index in [4.69, 9.17) is 0 Å². The van der Waals surface area contributed by atoms with Crippen LogP contribution in [0, 0.1) is 11.6 Å². The predicted molar refractivity (Wildman–Crippen MR) is 64.3 cm³/mol. The molecule has 2 aromatic rings. The van der Waals surface area contributed by atoms with Crippen LogP contribution >= 0.6 is 11.8 Å². The number of halogens is 2. The van der Waals surface area contributed by atoms with Gasteiger partial charge in [0, 0.05) is 17.0 Å². The Hall–Kier alpha value is -1.89. The Morgan fingerprint density at radius 2 is 2.22 bits per heavy atom. The van der Waals surface area contributed by atoms with Crippen molar-refractivity contribution in [3.05, 3.63) is 42.1 Å². The molecule has 0 unspecified atom stereocenters. The van der Waals surface area contributed by atoms with E-state index in [1.165, 1.54) is 12.3 Å². The first kappa shape index (κ1) is 12.6. The average Bonchev–Trinajstić information content (AvgIpc) is 2.80. The SMILES string of the molecule is O=C(CSc1ccc(F)cc1F)Nc1ccn[nH]1. The summed E-state index contributed by atoms with van der Waals surface area (Å²) in [6.45, 7) is 0. The average molecular weight is 269 g/mol. The number of thioether (sulfide) groups is 1. The molecule has 1 amide bonds. The molecule has 7 heteroatoms. The fourth-order valence-electron chi connectivity index (χ4n) is 1.25. The molecule has 1 heterocycles. The van der Waals surface area contributed by atoms with Crippen LogP contribution in [-0.4, -0.2) is 21.9 Å². The molecular weight excluding hydrogens is 260 g/mol. The molecule has 4 nitrogen and oxygen atoms in total. The Balaban J connectivity index is 1.89. The minimum atomic E-state index is -0.672. The monoisotopic (exact) mass is 269 g/mol. The number of nitrogens with one attached hydrogen (secondary N) is 2. The van der Waals surface area contributed by atoms with Crippen LogP contribution in [0.4, 0.5) is 14.6 Å². The number of hydrogen-bond acceptors (Lipinski definition) is 3. The number of amides is 1. The number of carbonyl (C=O) groups is 1. The highest BCUT2D eigenvalue weighted by Gasteiger charge is 2.08. The molecule has 0 atom stereocenters. The van der Waals surface area contributed by atoms with Crippen LogP contribution < -0.4 is 5.32 Å². The lowest BCUT2D eigenvalue weighted by molar-refractivity contribution is -0.113. The van der Waals surface area contributed by atoms with Crippen LogP contribution in [0.15, 0.2) is 35.4 Å². The van der Waals surface area contributed by atoms with Crippen LogP contribution in [0.5, 0.6) is 0 Å². The van der Waals surface area contributed by atoms with Gasteiger partial charge in [-0.3, -0.25) is 9.89 Å². The number of hydrogen-bond donors (Lipinski definition) is 2. The number of benzene rings is 1. The van der Waals surface area contributed by atoms with Gasteiger partial charge in [-0.2, -0.15) is 5.10 Å². The molecule has 18 heavy (non-hydrogen) atoms. The largest absolute Gasteiger partial charge is 0.310 e. The van der Waals surface area contributed by atoms with Gasteiger partial charge in [0.25, 0.3) is 0 Å². The van der Waals surface area contributed by atoms with E-state index in [0.717, 1.165) is 23.9 Å². The number of aromatic amines is 1. The molecule has 0 spiro atoms. The topological polar surface area (TPSA) is 57.8 Å². The van der Waals surface area contributed by atoms with Gasteiger partial charge in [-0.15, -0.1) is 11.8 Å². The second-order valence-electron chi connectivity index (χ2n) is 3.38. The summed E-state index contributed by atoms with van der Waals surface area (Å²) in [5.74, 6) is -1.11. The fourth-order valence-corrected chi connectivity index (χ4v) is 1.97. The molecule has 1 aromatic heterocycles. The highest BCUT2D eigenvalue weighted by molar-refractivity contribution is 8.00. The van der Waals surface area contributed by atoms with Crippen molar-refractivity contribution in [2.45, 2.75) is 4.90 Å². The predicted octanol–water partition coefficient (Wildman–Crippen LogP) is 2.42. The summed E-state index contributed by atoms with van der Waals surface area (Å²) in [5, 5.41) is 8.79. The highest BCUT2D eigenvalue weighted by atomic mass is 32.2. The Labute approximate surface area is 106 Å². The van der Waals surface area contributed by atoms with Crippen molar-refractivity contribution >= 4 is 23.5 Å². The van der Waals surface area contributed by atoms with Gasteiger partial charge in [-0.1, -0.05) is 0 Å². The molecule has 0 saturated heterocycles. The number of anilines is 1. The maximum atomic E-state index is 13.3. The lowest BCUT2D eigenvalue weighted by Gasteiger charge is -2.03. The zero-order valence-electron chi connectivity index (χ0n) is 9.11. The van der Waals surface area contributed by atoms with Gasteiger partial charge in [-0.25, -0.2) is 8.78 Å². The van der Waals surface area contributed by atoms with Crippen LogP contribution in [0.3, 0.4) is 0 Å². The number of H-pyrrole nitrogens is 1. The number of rotatable bonds is 4. The Morgan fingerprint density at radius 1 is 1.39 bits per heavy atom. The molecule has 0 bridgehead atoms. The Bertz CT molecular complexity index is 545. The van der Waals surface area contributed by atoms with Gasteiger partial charge in [0.1, 0.15) is 17.5 Å². The lowest BCUT2D eigenvalue weighted by atomic mass is 10.3. The maximum absolute atomic E-state index is 13.3. The zero-order valence-corrected chi connectivity index (χ0v) is 9.93. The van der Waals surface area contributed by atoms with E-state index >= 15 is 0 Å². The fraction of sp³-hybridized carbons (Fsp3) is 0.0909. The second-order valence-corrected chi connectivity index (χ2v) is 4.40. The molecular formula is C11H9F2N3OS. The summed E-state index contributed by atoms with van der Waals surface area (Å²) in [5.41, 5.74) is 0. The normalized spacial score (nSPS) is 10.3. The Kier molecular flexibility index (Phi) is 3.93. The third-order valence-corrected chi connectivity index (χ3v) is 3.08. The molecule has 0 fully saturated rings. The molecule has 1 aromatic carbocycles. The molecule has 2 rings (SSSR count). The summed E-state index contributed by atoms with van der Waals surface area (Å²) in [7, 11) is 0. The summed E-state index contributed by atoms with van der Waals surface area (Å²) >= 11 is 0.998. The van der Waals surface area contributed by atoms with Gasteiger partial charge < -0.3 is 5.32 Å². The quantitative estimate of drug-likeness (QED) is 0.838. The van der Waals surface area contributed by atoms with E-state index in [0.29, 0.717) is 5.82 Å². The lowest BCUT2D eigenvalue weighted by Crippen LogP contribution is -2.14. The number of aromatic nitrogens is 2. The highest BCUT2D eigenvalue weighted by Crippen LogP contribution is 2.22. The Morgan fingerprint density at radius 3 is 2.89 bits per heavy atom.